The van der Waals surface area contributed by atoms with Crippen LogP contribution >= 0.6 is 11.6 Å². The Bertz CT molecular complexity index is 1000. The van der Waals surface area contributed by atoms with E-state index in [0.717, 1.165) is 5.56 Å². The summed E-state index contributed by atoms with van der Waals surface area (Å²) in [6, 6.07) is 18.1. The quantitative estimate of drug-likeness (QED) is 0.510. The molecular weight excluding hydrogens is 380 g/mol. The van der Waals surface area contributed by atoms with E-state index in [0.29, 0.717) is 22.1 Å². The van der Waals surface area contributed by atoms with Crippen LogP contribution in [0.4, 0.5) is 11.4 Å². The molecule has 3 rings (SSSR count). The first kappa shape index (κ1) is 19.3. The summed E-state index contributed by atoms with van der Waals surface area (Å²) in [5.74, 6) is -0.857. The lowest BCUT2D eigenvalue weighted by Gasteiger charge is -2.13. The summed E-state index contributed by atoms with van der Waals surface area (Å²) in [4.78, 5) is 29.1. The molecule has 0 heterocycles. The second kappa shape index (κ2) is 8.45. The zero-order valence-corrected chi connectivity index (χ0v) is 15.7. The van der Waals surface area contributed by atoms with E-state index in [1.807, 2.05) is 31.2 Å². The minimum atomic E-state index is -1.03. The Balaban J connectivity index is 1.76. The van der Waals surface area contributed by atoms with Crippen molar-refractivity contribution in [2.24, 2.45) is 0 Å². The van der Waals surface area contributed by atoms with E-state index >= 15 is 0 Å². The van der Waals surface area contributed by atoms with Gasteiger partial charge in [0.15, 0.2) is 5.75 Å². The monoisotopic (exact) mass is 396 g/mol. The average Bonchev–Trinajstić information content (AvgIpc) is 2.68. The number of carbonyl (C=O) groups excluding carboxylic acids is 1. The number of nitrogens with one attached hydrogen (secondary N) is 2. The predicted octanol–water partition coefficient (Wildman–Crippen LogP) is 5.00. The van der Waals surface area contributed by atoms with E-state index in [2.05, 4.69) is 10.8 Å². The number of halogens is 1. The zero-order valence-electron chi connectivity index (χ0n) is 14.9. The molecule has 3 aromatic carbocycles. The molecule has 0 aliphatic heterocycles. The van der Waals surface area contributed by atoms with E-state index in [4.69, 9.17) is 21.5 Å². The molecule has 6 nitrogen and oxygen atoms in total. The highest BCUT2D eigenvalue weighted by Crippen LogP contribution is 2.23. The number of carbonyl (C=O) groups is 2. The van der Waals surface area contributed by atoms with E-state index < -0.39 is 11.9 Å². The fourth-order valence-corrected chi connectivity index (χ4v) is 2.58. The number of carboxylic acid groups (broad SMARTS) is 1. The van der Waals surface area contributed by atoms with E-state index in [1.165, 1.54) is 30.3 Å². The molecule has 1 amide bonds. The topological polar surface area (TPSA) is 87.7 Å². The van der Waals surface area contributed by atoms with Crippen LogP contribution in [0.25, 0.3) is 0 Å². The fourth-order valence-electron chi connectivity index (χ4n) is 2.41. The van der Waals surface area contributed by atoms with Crippen molar-refractivity contribution in [3.8, 4) is 5.75 Å². The first-order valence-corrected chi connectivity index (χ1v) is 8.74. The molecule has 7 heteroatoms. The molecule has 0 atom stereocenters. The summed E-state index contributed by atoms with van der Waals surface area (Å²) in [6.45, 7) is 1.97. The van der Waals surface area contributed by atoms with Gasteiger partial charge in [0.1, 0.15) is 0 Å². The SMILES string of the molecule is Cc1ccc(ONc2ccc(Cl)cc2C(=O)Nc2ccc(C(=O)O)cc2)cc1. The van der Waals surface area contributed by atoms with Crippen molar-refractivity contribution in [1.82, 2.24) is 0 Å². The standard InChI is InChI=1S/C21H17ClN2O4/c1-13-2-9-17(10-3-13)28-24-19-11-6-15(22)12-18(19)20(25)23-16-7-4-14(5-8-16)21(26)27/h2-12,24H,1H3,(H,23,25)(H,26,27). The number of hydrogen-bond acceptors (Lipinski definition) is 4. The van der Waals surface area contributed by atoms with Gasteiger partial charge in [-0.2, -0.15) is 0 Å². The second-order valence-corrected chi connectivity index (χ2v) is 6.48. The van der Waals surface area contributed by atoms with Crippen molar-refractivity contribution in [3.05, 3.63) is 88.4 Å². The number of amides is 1. The van der Waals surface area contributed by atoms with Crippen LogP contribution in [0.1, 0.15) is 26.3 Å². The Morgan fingerprint density at radius 3 is 2.29 bits per heavy atom. The molecule has 3 aromatic rings. The maximum Gasteiger partial charge on any atom is 0.335 e. The number of carboxylic acids is 1. The zero-order chi connectivity index (χ0) is 20.1. The highest BCUT2D eigenvalue weighted by molar-refractivity contribution is 6.31. The van der Waals surface area contributed by atoms with Gasteiger partial charge in [-0.25, -0.2) is 10.3 Å². The Kier molecular flexibility index (Phi) is 5.81. The number of benzene rings is 3. The predicted molar refractivity (Wildman–Crippen MR) is 108 cm³/mol. The summed E-state index contributed by atoms with van der Waals surface area (Å²) in [7, 11) is 0. The second-order valence-electron chi connectivity index (χ2n) is 6.04. The molecule has 0 aromatic heterocycles. The van der Waals surface area contributed by atoms with Crippen molar-refractivity contribution in [2.75, 3.05) is 10.8 Å². The third-order valence-corrected chi connectivity index (χ3v) is 4.15. The number of aromatic carboxylic acids is 1. The molecule has 28 heavy (non-hydrogen) atoms. The molecule has 3 N–H and O–H groups in total. The van der Waals surface area contributed by atoms with Gasteiger partial charge >= 0.3 is 5.97 Å². The summed E-state index contributed by atoms with van der Waals surface area (Å²) < 4.78 is 0. The van der Waals surface area contributed by atoms with Gasteiger partial charge < -0.3 is 15.3 Å². The van der Waals surface area contributed by atoms with Crippen LogP contribution in [0.2, 0.25) is 5.02 Å². The van der Waals surface area contributed by atoms with E-state index in [1.54, 1.807) is 12.1 Å². The molecular formula is C21H17ClN2O4. The van der Waals surface area contributed by atoms with E-state index in [-0.39, 0.29) is 11.1 Å². The van der Waals surface area contributed by atoms with Gasteiger partial charge in [-0.1, -0.05) is 29.3 Å². The maximum absolute atomic E-state index is 12.7. The van der Waals surface area contributed by atoms with Crippen LogP contribution in [-0.2, 0) is 0 Å². The average molecular weight is 397 g/mol. The van der Waals surface area contributed by atoms with Crippen molar-refractivity contribution in [2.45, 2.75) is 6.92 Å². The van der Waals surface area contributed by atoms with Crippen LogP contribution in [-0.4, -0.2) is 17.0 Å². The molecule has 0 aliphatic rings. The first-order valence-electron chi connectivity index (χ1n) is 8.36. The molecule has 0 radical (unpaired) electrons. The van der Waals surface area contributed by atoms with Crippen molar-refractivity contribution < 1.29 is 19.5 Å². The minimum Gasteiger partial charge on any atom is -0.478 e. The normalized spacial score (nSPS) is 10.2. The lowest BCUT2D eigenvalue weighted by Crippen LogP contribution is -2.16. The van der Waals surface area contributed by atoms with Crippen LogP contribution in [0.3, 0.4) is 0 Å². The van der Waals surface area contributed by atoms with Crippen molar-refractivity contribution in [3.63, 3.8) is 0 Å². The molecule has 0 unspecified atom stereocenters. The third-order valence-electron chi connectivity index (χ3n) is 3.92. The van der Waals surface area contributed by atoms with Crippen LogP contribution in [0, 0.1) is 6.92 Å². The lowest BCUT2D eigenvalue weighted by atomic mass is 10.1. The number of hydrogen-bond donors (Lipinski definition) is 3. The Labute approximate surface area is 166 Å². The Morgan fingerprint density at radius 2 is 1.64 bits per heavy atom. The summed E-state index contributed by atoms with van der Waals surface area (Å²) >= 11 is 6.04. The maximum atomic E-state index is 12.7. The fraction of sp³-hybridized carbons (Fsp3) is 0.0476. The molecule has 0 saturated carbocycles. The number of aryl methyl sites for hydroxylation is 1. The minimum absolute atomic E-state index is 0.134. The van der Waals surface area contributed by atoms with Gasteiger partial charge in [-0.05, 0) is 61.5 Å². The van der Waals surface area contributed by atoms with Gasteiger partial charge in [0.05, 0.1) is 16.8 Å². The van der Waals surface area contributed by atoms with Crippen molar-refractivity contribution >= 4 is 34.9 Å². The molecule has 0 saturated heterocycles. The molecule has 0 bridgehead atoms. The largest absolute Gasteiger partial charge is 0.478 e. The number of rotatable bonds is 6. The van der Waals surface area contributed by atoms with Crippen LogP contribution < -0.4 is 15.6 Å². The number of anilines is 2. The van der Waals surface area contributed by atoms with Gasteiger partial charge in [0, 0.05) is 10.7 Å². The lowest BCUT2D eigenvalue weighted by molar-refractivity contribution is 0.0696. The van der Waals surface area contributed by atoms with Gasteiger partial charge in [-0.15, -0.1) is 0 Å². The summed E-state index contributed by atoms with van der Waals surface area (Å²) in [6.07, 6.45) is 0. The van der Waals surface area contributed by atoms with E-state index in [9.17, 15) is 9.59 Å². The van der Waals surface area contributed by atoms with Gasteiger partial charge in [0.25, 0.3) is 5.91 Å². The third kappa shape index (κ3) is 4.81. The molecule has 0 aliphatic carbocycles. The molecule has 0 spiro atoms. The first-order chi connectivity index (χ1) is 13.4. The van der Waals surface area contributed by atoms with Crippen LogP contribution in [0.5, 0.6) is 5.75 Å². The van der Waals surface area contributed by atoms with Crippen LogP contribution in [0.15, 0.2) is 66.7 Å². The smallest absolute Gasteiger partial charge is 0.335 e. The Morgan fingerprint density at radius 1 is 0.964 bits per heavy atom. The highest BCUT2D eigenvalue weighted by atomic mass is 35.5. The van der Waals surface area contributed by atoms with Crippen molar-refractivity contribution in [1.29, 1.82) is 0 Å². The highest BCUT2D eigenvalue weighted by Gasteiger charge is 2.14. The van der Waals surface area contributed by atoms with Gasteiger partial charge in [-0.3, -0.25) is 4.79 Å². The molecule has 142 valence electrons. The Hall–Kier alpha value is -3.51. The molecule has 0 fully saturated rings. The van der Waals surface area contributed by atoms with Gasteiger partial charge in [0.2, 0.25) is 0 Å². The summed E-state index contributed by atoms with van der Waals surface area (Å²) in [5.41, 5.74) is 5.18. The summed E-state index contributed by atoms with van der Waals surface area (Å²) in [5, 5.41) is 12.1.